The van der Waals surface area contributed by atoms with E-state index in [4.69, 9.17) is 10.2 Å². The van der Waals surface area contributed by atoms with Gasteiger partial charge in [0.2, 0.25) is 0 Å². The maximum atomic E-state index is 12.4. The van der Waals surface area contributed by atoms with Crippen LogP contribution >= 0.6 is 0 Å². The SMILES string of the molecule is CCCN(CCC)c1ccc2cc(/C=C(\C#N)S(=O)(=O)NCC(C)CO)ccc2c1.CCN(CC)c1ccc2cc(/C=C(\C#N)S(=O)(=O)NCC(C)CO)ccc2c1. The second kappa shape index (κ2) is 23.0. The average molecular weight is 831 g/mol. The Balaban J connectivity index is 0.000000311. The van der Waals surface area contributed by atoms with E-state index in [-0.39, 0.29) is 47.9 Å². The fraction of sp³-hybridized carbons (Fsp3) is 0.409. The number of hydrogen-bond acceptors (Lipinski definition) is 10. The number of benzene rings is 4. The molecule has 0 spiro atoms. The van der Waals surface area contributed by atoms with Gasteiger partial charge in [0.25, 0.3) is 20.0 Å². The molecule has 4 N–H and O–H groups in total. The molecule has 0 amide bonds. The van der Waals surface area contributed by atoms with E-state index >= 15 is 0 Å². The fourth-order valence-corrected chi connectivity index (χ4v) is 8.15. The predicted octanol–water partition coefficient (Wildman–Crippen LogP) is 6.98. The van der Waals surface area contributed by atoms with Gasteiger partial charge in [-0.3, -0.25) is 0 Å². The van der Waals surface area contributed by atoms with Crippen molar-refractivity contribution in [1.82, 2.24) is 9.44 Å². The number of nitrogens with one attached hydrogen (secondary N) is 2. The van der Waals surface area contributed by atoms with Crippen LogP contribution in [-0.2, 0) is 20.0 Å². The molecule has 0 fully saturated rings. The lowest BCUT2D eigenvalue weighted by atomic mass is 10.1. The molecule has 4 rings (SSSR count). The van der Waals surface area contributed by atoms with E-state index in [1.54, 1.807) is 32.1 Å². The van der Waals surface area contributed by atoms with Crippen LogP contribution in [0.4, 0.5) is 11.4 Å². The Hall–Kier alpha value is -4.80. The van der Waals surface area contributed by atoms with Crippen LogP contribution in [0.5, 0.6) is 0 Å². The number of anilines is 2. The van der Waals surface area contributed by atoms with E-state index in [1.807, 2.05) is 48.5 Å². The first kappa shape index (κ1) is 47.6. The fourth-order valence-electron chi connectivity index (χ4n) is 6.01. The third-order valence-electron chi connectivity index (χ3n) is 9.44. The Morgan fingerprint density at radius 3 is 1.33 bits per heavy atom. The number of nitrogens with zero attached hydrogens (tertiary/aromatic N) is 4. The van der Waals surface area contributed by atoms with E-state index in [2.05, 4.69) is 65.1 Å². The van der Waals surface area contributed by atoms with Crippen LogP contribution < -0.4 is 19.2 Å². The molecule has 2 atom stereocenters. The summed E-state index contributed by atoms with van der Waals surface area (Å²) in [5, 5.41) is 40.9. The Labute approximate surface area is 345 Å². The molecule has 0 saturated heterocycles. The Bertz CT molecular complexity index is 2340. The molecule has 4 aromatic rings. The molecule has 0 radical (unpaired) electrons. The van der Waals surface area contributed by atoms with Gasteiger partial charge in [0.1, 0.15) is 12.1 Å². The molecular weight excluding hydrogens is 773 g/mol. The third-order valence-corrected chi connectivity index (χ3v) is 12.1. The zero-order valence-corrected chi connectivity index (χ0v) is 36.1. The highest BCUT2D eigenvalue weighted by atomic mass is 32.2. The predicted molar refractivity (Wildman–Crippen MR) is 238 cm³/mol. The summed E-state index contributed by atoms with van der Waals surface area (Å²) in [6, 6.07) is 27.2. The molecule has 0 aliphatic carbocycles. The van der Waals surface area contributed by atoms with Gasteiger partial charge in [-0.15, -0.1) is 0 Å². The Morgan fingerprint density at radius 2 is 0.983 bits per heavy atom. The van der Waals surface area contributed by atoms with Crippen molar-refractivity contribution in [2.45, 2.75) is 54.4 Å². The van der Waals surface area contributed by atoms with Crippen molar-refractivity contribution < 1.29 is 27.0 Å². The summed E-state index contributed by atoms with van der Waals surface area (Å²) in [5.41, 5.74) is 3.60. The van der Waals surface area contributed by atoms with Gasteiger partial charge in [-0.25, -0.2) is 26.3 Å². The molecular formula is C44H58N6O6S2. The molecule has 312 valence electrons. The summed E-state index contributed by atoms with van der Waals surface area (Å²) in [5.74, 6) is -0.454. The highest BCUT2D eigenvalue weighted by molar-refractivity contribution is 7.94. The molecule has 0 aliphatic rings. The number of hydrogen-bond donors (Lipinski definition) is 4. The number of nitriles is 2. The van der Waals surface area contributed by atoms with Crippen molar-refractivity contribution in [2.24, 2.45) is 11.8 Å². The lowest BCUT2D eigenvalue weighted by Crippen LogP contribution is -2.30. The summed E-state index contributed by atoms with van der Waals surface area (Å²) in [7, 11) is -7.85. The molecule has 0 bridgehead atoms. The molecule has 0 heterocycles. The van der Waals surface area contributed by atoms with Crippen LogP contribution in [0.15, 0.2) is 82.6 Å². The first-order valence-electron chi connectivity index (χ1n) is 19.7. The van der Waals surface area contributed by atoms with Crippen molar-refractivity contribution in [3.05, 3.63) is 93.7 Å². The van der Waals surface area contributed by atoms with E-state index in [9.17, 15) is 27.4 Å². The van der Waals surface area contributed by atoms with Gasteiger partial charge in [0.05, 0.1) is 0 Å². The van der Waals surface area contributed by atoms with Crippen LogP contribution in [0.1, 0.15) is 65.5 Å². The minimum Gasteiger partial charge on any atom is -0.396 e. The number of rotatable bonds is 20. The second-order valence-electron chi connectivity index (χ2n) is 14.3. The first-order chi connectivity index (χ1) is 27.7. The van der Waals surface area contributed by atoms with Gasteiger partial charge in [-0.1, -0.05) is 64.1 Å². The summed E-state index contributed by atoms with van der Waals surface area (Å²) in [4.78, 5) is 3.93. The largest absolute Gasteiger partial charge is 0.396 e. The molecule has 4 aromatic carbocycles. The lowest BCUT2D eigenvalue weighted by molar-refractivity contribution is 0.238. The minimum absolute atomic E-state index is 0.0731. The first-order valence-corrected chi connectivity index (χ1v) is 22.7. The standard InChI is InChI=1S/C23H31N3O3S.C21H27N3O3S/c1-4-10-26(11-5-2)22-9-8-20-12-19(6-7-21(20)14-22)13-23(15-24)30(28,29)25-16-18(3)17-27;1-4-24(5-2)20-9-8-18-10-17(6-7-19(18)12-20)11-21(13-22)28(26,27)23-14-16(3)15-25/h6-9,12-14,18,25,27H,4-5,10-11,16-17H2,1-3H3;6-12,16,23,25H,4-5,14-15H2,1-3H3/b23-13+;21-11+. The highest BCUT2D eigenvalue weighted by Gasteiger charge is 2.20. The van der Waals surface area contributed by atoms with E-state index < -0.39 is 20.0 Å². The molecule has 14 heteroatoms. The highest BCUT2D eigenvalue weighted by Crippen LogP contribution is 2.26. The number of aliphatic hydroxyl groups excluding tert-OH is 2. The maximum absolute atomic E-state index is 12.4. The Kier molecular flexibility index (Phi) is 18.8. The van der Waals surface area contributed by atoms with Gasteiger partial charge >= 0.3 is 0 Å². The van der Waals surface area contributed by atoms with E-state index in [0.29, 0.717) is 11.1 Å². The zero-order chi connectivity index (χ0) is 42.9. The second-order valence-corrected chi connectivity index (χ2v) is 17.7. The minimum atomic E-state index is -3.93. The zero-order valence-electron chi connectivity index (χ0n) is 34.4. The third kappa shape index (κ3) is 13.7. The van der Waals surface area contributed by atoms with Gasteiger partial charge in [0, 0.05) is 63.9 Å². The van der Waals surface area contributed by atoms with Crippen LogP contribution in [-0.4, -0.2) is 79.5 Å². The van der Waals surface area contributed by atoms with Gasteiger partial charge in [-0.2, -0.15) is 10.5 Å². The molecule has 12 nitrogen and oxygen atoms in total. The molecule has 2 unspecified atom stereocenters. The number of allylic oxidation sites excluding steroid dienone is 2. The molecule has 58 heavy (non-hydrogen) atoms. The quantitative estimate of drug-likeness (QED) is 0.0678. The Morgan fingerprint density at radius 1 is 0.621 bits per heavy atom. The van der Waals surface area contributed by atoms with Crippen LogP contribution in [0.3, 0.4) is 0 Å². The number of fused-ring (bicyclic) bond motifs is 2. The van der Waals surface area contributed by atoms with Gasteiger partial charge in [-0.05, 0) is 120 Å². The van der Waals surface area contributed by atoms with Crippen LogP contribution in [0.25, 0.3) is 33.7 Å². The lowest BCUT2D eigenvalue weighted by Gasteiger charge is -2.24. The molecule has 0 saturated carbocycles. The summed E-state index contributed by atoms with van der Waals surface area (Å²) < 4.78 is 54.2. The monoisotopic (exact) mass is 830 g/mol. The molecule has 0 aromatic heterocycles. The number of sulfonamides is 2. The topological polar surface area (TPSA) is 187 Å². The summed E-state index contributed by atoms with van der Waals surface area (Å²) in [6.45, 7) is 15.7. The van der Waals surface area contributed by atoms with Crippen molar-refractivity contribution in [3.63, 3.8) is 0 Å². The summed E-state index contributed by atoms with van der Waals surface area (Å²) >= 11 is 0. The van der Waals surface area contributed by atoms with Gasteiger partial charge in [0.15, 0.2) is 9.81 Å². The van der Waals surface area contributed by atoms with Crippen molar-refractivity contribution in [3.8, 4) is 12.1 Å². The van der Waals surface area contributed by atoms with Crippen molar-refractivity contribution >= 4 is 65.1 Å². The normalized spacial score (nSPS) is 13.3. The average Bonchev–Trinajstić information content (AvgIpc) is 3.23. The number of aliphatic hydroxyl groups is 2. The van der Waals surface area contributed by atoms with E-state index in [0.717, 1.165) is 66.3 Å². The van der Waals surface area contributed by atoms with E-state index in [1.165, 1.54) is 17.8 Å². The molecule has 0 aliphatic heterocycles. The van der Waals surface area contributed by atoms with Crippen LogP contribution in [0, 0.1) is 34.5 Å². The van der Waals surface area contributed by atoms with Gasteiger partial charge < -0.3 is 20.0 Å². The van der Waals surface area contributed by atoms with Crippen LogP contribution in [0.2, 0.25) is 0 Å². The summed E-state index contributed by atoms with van der Waals surface area (Å²) in [6.07, 6.45) is 4.90. The van der Waals surface area contributed by atoms with Crippen molar-refractivity contribution in [2.75, 3.05) is 62.3 Å². The maximum Gasteiger partial charge on any atom is 0.250 e. The smallest absolute Gasteiger partial charge is 0.250 e. The van der Waals surface area contributed by atoms with Crippen molar-refractivity contribution in [1.29, 1.82) is 10.5 Å².